The molecule has 1 aromatic carbocycles. The van der Waals surface area contributed by atoms with Crippen LogP contribution in [0.25, 0.3) is 0 Å². The number of nitrogens with zero attached hydrogens (tertiary/aromatic N) is 1. The monoisotopic (exact) mass is 298 g/mol. The average Bonchev–Trinajstić information content (AvgIpc) is 2.45. The Kier molecular flexibility index (Phi) is 4.29. The van der Waals surface area contributed by atoms with Gasteiger partial charge in [0.05, 0.1) is 17.6 Å². The number of likely N-dealkylation sites (tertiary alicyclic amines) is 1. The molecule has 0 unspecified atom stereocenters. The molecule has 0 spiro atoms. The molecule has 1 aliphatic heterocycles. The molecule has 0 saturated carbocycles. The third kappa shape index (κ3) is 3.10. The zero-order valence-corrected chi connectivity index (χ0v) is 12.1. The first-order chi connectivity index (χ1) is 9.43. The summed E-state index contributed by atoms with van der Waals surface area (Å²) in [5.41, 5.74) is 0.237. The van der Waals surface area contributed by atoms with Gasteiger partial charge in [0.15, 0.2) is 0 Å². The zero-order chi connectivity index (χ0) is 14.8. The van der Waals surface area contributed by atoms with E-state index in [2.05, 4.69) is 0 Å². The van der Waals surface area contributed by atoms with Crippen molar-refractivity contribution in [3.8, 4) is 5.75 Å². The number of methoxy groups -OCH3 is 1. The van der Waals surface area contributed by atoms with Gasteiger partial charge in [-0.3, -0.25) is 4.79 Å². The third-order valence-electron chi connectivity index (χ3n) is 3.37. The Labute approximate surface area is 118 Å². The van der Waals surface area contributed by atoms with Crippen LogP contribution in [0.15, 0.2) is 23.1 Å². The Hall–Kier alpha value is -1.60. The molecule has 1 aliphatic rings. The van der Waals surface area contributed by atoms with E-state index in [1.54, 1.807) is 4.90 Å². The van der Waals surface area contributed by atoms with E-state index in [-0.39, 0.29) is 16.4 Å². The van der Waals surface area contributed by atoms with E-state index < -0.39 is 10.0 Å². The summed E-state index contributed by atoms with van der Waals surface area (Å²) in [4.78, 5) is 14.1. The molecule has 0 aromatic heterocycles. The van der Waals surface area contributed by atoms with Crippen LogP contribution in [0.4, 0.5) is 0 Å². The summed E-state index contributed by atoms with van der Waals surface area (Å²) < 4.78 is 27.9. The van der Waals surface area contributed by atoms with Gasteiger partial charge in [0.25, 0.3) is 5.91 Å². The Morgan fingerprint density at radius 3 is 2.45 bits per heavy atom. The minimum absolute atomic E-state index is 0.0846. The maximum Gasteiger partial charge on any atom is 0.257 e. The standard InChI is InChI=1S/C13H18N2O4S/c1-19-12-6-5-10(20(14,17)18)9-11(12)13(16)15-7-3-2-4-8-15/h5-6,9H,2-4,7-8H2,1H3,(H2,14,17,18). The SMILES string of the molecule is COc1ccc(S(N)(=O)=O)cc1C(=O)N1CCCCC1. The van der Waals surface area contributed by atoms with E-state index in [0.29, 0.717) is 18.8 Å². The number of piperidine rings is 1. The van der Waals surface area contributed by atoms with Gasteiger partial charge in [-0.15, -0.1) is 0 Å². The molecule has 1 amide bonds. The molecule has 20 heavy (non-hydrogen) atoms. The second kappa shape index (κ2) is 5.80. The van der Waals surface area contributed by atoms with Crippen LogP contribution >= 0.6 is 0 Å². The maximum atomic E-state index is 12.5. The lowest BCUT2D eigenvalue weighted by molar-refractivity contribution is 0.0720. The molecule has 6 nitrogen and oxygen atoms in total. The molecule has 0 atom stereocenters. The summed E-state index contributed by atoms with van der Waals surface area (Å²) in [7, 11) is -2.40. The highest BCUT2D eigenvalue weighted by atomic mass is 32.2. The van der Waals surface area contributed by atoms with Gasteiger partial charge in [-0.25, -0.2) is 13.6 Å². The Bertz CT molecular complexity index is 607. The number of hydrogen-bond acceptors (Lipinski definition) is 4. The highest BCUT2D eigenvalue weighted by molar-refractivity contribution is 7.89. The van der Waals surface area contributed by atoms with Crippen molar-refractivity contribution in [1.82, 2.24) is 4.90 Å². The van der Waals surface area contributed by atoms with Gasteiger partial charge in [-0.2, -0.15) is 0 Å². The number of sulfonamides is 1. The molecule has 1 aromatic rings. The van der Waals surface area contributed by atoms with Crippen molar-refractivity contribution in [3.63, 3.8) is 0 Å². The van der Waals surface area contributed by atoms with Crippen LogP contribution in [0.3, 0.4) is 0 Å². The van der Waals surface area contributed by atoms with Crippen molar-refractivity contribution in [2.45, 2.75) is 24.2 Å². The number of carbonyl (C=O) groups excluding carboxylic acids is 1. The first-order valence-corrected chi connectivity index (χ1v) is 7.98. The smallest absolute Gasteiger partial charge is 0.257 e. The van der Waals surface area contributed by atoms with Crippen molar-refractivity contribution in [2.24, 2.45) is 5.14 Å². The molecule has 0 radical (unpaired) electrons. The lowest BCUT2D eigenvalue weighted by Gasteiger charge is -2.27. The van der Waals surface area contributed by atoms with Gasteiger partial charge >= 0.3 is 0 Å². The number of hydrogen-bond donors (Lipinski definition) is 1. The van der Waals surface area contributed by atoms with E-state index in [1.807, 2.05) is 0 Å². The fraction of sp³-hybridized carbons (Fsp3) is 0.462. The van der Waals surface area contributed by atoms with Gasteiger partial charge in [0.2, 0.25) is 10.0 Å². The number of ether oxygens (including phenoxy) is 1. The first kappa shape index (κ1) is 14.8. The Morgan fingerprint density at radius 1 is 1.25 bits per heavy atom. The van der Waals surface area contributed by atoms with Crippen LogP contribution in [-0.4, -0.2) is 39.4 Å². The van der Waals surface area contributed by atoms with Crippen molar-refractivity contribution in [1.29, 1.82) is 0 Å². The number of carbonyl (C=O) groups is 1. The predicted molar refractivity (Wildman–Crippen MR) is 74.1 cm³/mol. The van der Waals surface area contributed by atoms with E-state index in [9.17, 15) is 13.2 Å². The third-order valence-corrected chi connectivity index (χ3v) is 4.28. The van der Waals surface area contributed by atoms with E-state index >= 15 is 0 Å². The summed E-state index contributed by atoms with van der Waals surface area (Å²) in [5.74, 6) is 0.139. The second-order valence-corrected chi connectivity index (χ2v) is 6.32. The lowest BCUT2D eigenvalue weighted by Crippen LogP contribution is -2.35. The quantitative estimate of drug-likeness (QED) is 0.900. The molecule has 0 bridgehead atoms. The van der Waals surface area contributed by atoms with E-state index in [1.165, 1.54) is 25.3 Å². The highest BCUT2D eigenvalue weighted by Gasteiger charge is 2.23. The Morgan fingerprint density at radius 2 is 1.90 bits per heavy atom. The van der Waals surface area contributed by atoms with E-state index in [0.717, 1.165) is 19.3 Å². The van der Waals surface area contributed by atoms with Crippen LogP contribution in [0.1, 0.15) is 29.6 Å². The molecular weight excluding hydrogens is 280 g/mol. The van der Waals surface area contributed by atoms with Crippen molar-refractivity contribution < 1.29 is 17.9 Å². The highest BCUT2D eigenvalue weighted by Crippen LogP contribution is 2.24. The topological polar surface area (TPSA) is 89.7 Å². The fourth-order valence-corrected chi connectivity index (χ4v) is 2.84. The summed E-state index contributed by atoms with van der Waals surface area (Å²) in [6.45, 7) is 1.36. The molecule has 1 saturated heterocycles. The largest absolute Gasteiger partial charge is 0.496 e. The van der Waals surface area contributed by atoms with Crippen LogP contribution < -0.4 is 9.88 Å². The summed E-state index contributed by atoms with van der Waals surface area (Å²) >= 11 is 0. The molecular formula is C13H18N2O4S. The van der Waals surface area contributed by atoms with Crippen LogP contribution in [0.5, 0.6) is 5.75 Å². The normalized spacial score (nSPS) is 16.0. The Balaban J connectivity index is 2.39. The summed E-state index contributed by atoms with van der Waals surface area (Å²) in [6.07, 6.45) is 3.03. The molecule has 1 fully saturated rings. The van der Waals surface area contributed by atoms with Crippen molar-refractivity contribution in [2.75, 3.05) is 20.2 Å². The second-order valence-electron chi connectivity index (χ2n) is 4.76. The summed E-state index contributed by atoms with van der Waals surface area (Å²) in [6, 6.07) is 4.07. The molecule has 7 heteroatoms. The van der Waals surface area contributed by atoms with Crippen LogP contribution in [-0.2, 0) is 10.0 Å². The average molecular weight is 298 g/mol. The van der Waals surface area contributed by atoms with Gasteiger partial charge in [0, 0.05) is 13.1 Å². The number of nitrogens with two attached hydrogens (primary N) is 1. The fourth-order valence-electron chi connectivity index (χ4n) is 2.30. The summed E-state index contributed by atoms with van der Waals surface area (Å²) in [5, 5.41) is 5.10. The van der Waals surface area contributed by atoms with Gasteiger partial charge in [-0.1, -0.05) is 0 Å². The van der Waals surface area contributed by atoms with Gasteiger partial charge < -0.3 is 9.64 Å². The number of rotatable bonds is 3. The number of benzene rings is 1. The minimum Gasteiger partial charge on any atom is -0.496 e. The maximum absolute atomic E-state index is 12.5. The predicted octanol–water partition coefficient (Wildman–Crippen LogP) is 0.969. The van der Waals surface area contributed by atoms with Crippen molar-refractivity contribution in [3.05, 3.63) is 23.8 Å². The molecule has 110 valence electrons. The molecule has 2 rings (SSSR count). The molecule has 0 aliphatic carbocycles. The molecule has 2 N–H and O–H groups in total. The van der Waals surface area contributed by atoms with Gasteiger partial charge in [0.1, 0.15) is 5.75 Å². The lowest BCUT2D eigenvalue weighted by atomic mass is 10.1. The molecule has 1 heterocycles. The van der Waals surface area contributed by atoms with E-state index in [4.69, 9.17) is 9.88 Å². The van der Waals surface area contributed by atoms with Crippen LogP contribution in [0, 0.1) is 0 Å². The van der Waals surface area contributed by atoms with Gasteiger partial charge in [-0.05, 0) is 37.5 Å². The number of primary sulfonamides is 1. The minimum atomic E-state index is -3.84. The first-order valence-electron chi connectivity index (χ1n) is 6.43. The van der Waals surface area contributed by atoms with Crippen molar-refractivity contribution >= 4 is 15.9 Å². The van der Waals surface area contributed by atoms with Crippen LogP contribution in [0.2, 0.25) is 0 Å². The zero-order valence-electron chi connectivity index (χ0n) is 11.3. The number of amides is 1.